The van der Waals surface area contributed by atoms with Gasteiger partial charge in [-0.25, -0.2) is 0 Å². The Morgan fingerprint density at radius 2 is 2.22 bits per heavy atom. The van der Waals surface area contributed by atoms with Crippen LogP contribution >= 0.6 is 11.6 Å². The van der Waals surface area contributed by atoms with Crippen LogP contribution < -0.4 is 11.1 Å². The lowest BCUT2D eigenvalue weighted by atomic mass is 10.0. The number of carbonyl (C=O) groups excluding carboxylic acids is 1. The van der Waals surface area contributed by atoms with Gasteiger partial charge in [-0.15, -0.1) is 0 Å². The molecule has 0 spiro atoms. The minimum Gasteiger partial charge on any atom is -0.398 e. The Morgan fingerprint density at radius 1 is 1.56 bits per heavy atom. The van der Waals surface area contributed by atoms with Crippen molar-refractivity contribution in [3.8, 4) is 0 Å². The largest absolute Gasteiger partial charge is 0.398 e. The number of carbonyl (C=O) groups is 1. The number of amides is 1. The maximum Gasteiger partial charge on any atom is 0.252 e. The van der Waals surface area contributed by atoms with Crippen molar-refractivity contribution in [1.82, 2.24) is 5.32 Å². The number of anilines is 1. The van der Waals surface area contributed by atoms with Crippen LogP contribution in [0.1, 0.15) is 37.0 Å². The molecule has 0 saturated carbocycles. The van der Waals surface area contributed by atoms with Gasteiger partial charge >= 0.3 is 0 Å². The van der Waals surface area contributed by atoms with E-state index in [1.54, 1.807) is 25.1 Å². The second-order valence-corrected chi connectivity index (χ2v) is 5.02. The molecule has 1 amide bonds. The van der Waals surface area contributed by atoms with Crippen LogP contribution in [-0.2, 0) is 0 Å². The van der Waals surface area contributed by atoms with Gasteiger partial charge in [0.25, 0.3) is 5.91 Å². The van der Waals surface area contributed by atoms with E-state index in [0.29, 0.717) is 17.7 Å². The van der Waals surface area contributed by atoms with E-state index in [4.69, 9.17) is 17.3 Å². The highest BCUT2D eigenvalue weighted by atomic mass is 35.5. The lowest BCUT2D eigenvalue weighted by Crippen LogP contribution is -2.40. The molecule has 0 bridgehead atoms. The molecule has 0 aliphatic heterocycles. The van der Waals surface area contributed by atoms with E-state index in [9.17, 15) is 9.90 Å². The molecule has 1 atom stereocenters. The van der Waals surface area contributed by atoms with Crippen molar-refractivity contribution in [2.75, 3.05) is 12.3 Å². The Hall–Kier alpha value is -1.26. The molecule has 1 rings (SSSR count). The molecule has 1 aromatic carbocycles. The molecule has 1 aromatic rings. The Bertz CT molecular complexity index is 433. The topological polar surface area (TPSA) is 75.3 Å². The predicted molar refractivity (Wildman–Crippen MR) is 73.7 cm³/mol. The van der Waals surface area contributed by atoms with E-state index >= 15 is 0 Å². The summed E-state index contributed by atoms with van der Waals surface area (Å²) in [7, 11) is 0. The first-order valence-corrected chi connectivity index (χ1v) is 6.30. The molecule has 0 radical (unpaired) electrons. The van der Waals surface area contributed by atoms with E-state index in [1.807, 2.05) is 6.92 Å². The summed E-state index contributed by atoms with van der Waals surface area (Å²) in [6, 6.07) is 4.90. The number of nitrogen functional groups attached to an aromatic ring is 1. The Morgan fingerprint density at radius 3 is 2.83 bits per heavy atom. The first kappa shape index (κ1) is 14.8. The maximum atomic E-state index is 11.9. The number of halogens is 1. The minimum atomic E-state index is -0.906. The van der Waals surface area contributed by atoms with Gasteiger partial charge in [-0.2, -0.15) is 0 Å². The summed E-state index contributed by atoms with van der Waals surface area (Å²) in [4.78, 5) is 11.9. The summed E-state index contributed by atoms with van der Waals surface area (Å²) in [5, 5.41) is 12.9. The molecule has 4 nitrogen and oxygen atoms in total. The van der Waals surface area contributed by atoms with E-state index in [2.05, 4.69) is 5.32 Å². The van der Waals surface area contributed by atoms with Gasteiger partial charge in [-0.1, -0.05) is 31.0 Å². The standard InChI is InChI=1S/C13H19ClN2O2/c1-3-7-13(2,18)8-16-12(17)9-5-4-6-10(15)11(9)14/h4-6,18H,3,7-8,15H2,1-2H3,(H,16,17). The zero-order chi connectivity index (χ0) is 13.8. The summed E-state index contributed by atoms with van der Waals surface area (Å²) in [5.74, 6) is -0.330. The summed E-state index contributed by atoms with van der Waals surface area (Å²) in [6.07, 6.45) is 1.47. The summed E-state index contributed by atoms with van der Waals surface area (Å²) in [5.41, 5.74) is 5.41. The average Bonchev–Trinajstić information content (AvgIpc) is 2.30. The molecule has 0 heterocycles. The number of rotatable bonds is 5. The van der Waals surface area contributed by atoms with Crippen molar-refractivity contribution in [2.45, 2.75) is 32.3 Å². The molecule has 0 saturated heterocycles. The number of nitrogens with two attached hydrogens (primary N) is 1. The molecular weight excluding hydrogens is 252 g/mol. The van der Waals surface area contributed by atoms with Crippen LogP contribution in [0.4, 0.5) is 5.69 Å². The van der Waals surface area contributed by atoms with Crippen LogP contribution in [0.15, 0.2) is 18.2 Å². The Labute approximate surface area is 112 Å². The fourth-order valence-corrected chi connectivity index (χ4v) is 1.93. The van der Waals surface area contributed by atoms with Crippen molar-refractivity contribution < 1.29 is 9.90 Å². The van der Waals surface area contributed by atoms with Crippen LogP contribution in [0.2, 0.25) is 5.02 Å². The van der Waals surface area contributed by atoms with E-state index in [-0.39, 0.29) is 17.5 Å². The van der Waals surface area contributed by atoms with Crippen molar-refractivity contribution in [3.63, 3.8) is 0 Å². The third-order valence-corrected chi connectivity index (χ3v) is 3.11. The molecular formula is C13H19ClN2O2. The smallest absolute Gasteiger partial charge is 0.252 e. The van der Waals surface area contributed by atoms with Gasteiger partial charge in [0.2, 0.25) is 0 Å². The zero-order valence-electron chi connectivity index (χ0n) is 10.7. The quantitative estimate of drug-likeness (QED) is 0.718. The van der Waals surface area contributed by atoms with Crippen LogP contribution in [0, 0.1) is 0 Å². The first-order chi connectivity index (χ1) is 8.37. The van der Waals surface area contributed by atoms with E-state index < -0.39 is 5.60 Å². The molecule has 0 aliphatic carbocycles. The molecule has 0 aliphatic rings. The number of aliphatic hydroxyl groups is 1. The van der Waals surface area contributed by atoms with E-state index in [1.165, 1.54) is 0 Å². The van der Waals surface area contributed by atoms with Gasteiger partial charge in [-0.3, -0.25) is 4.79 Å². The second-order valence-electron chi connectivity index (χ2n) is 4.64. The number of hydrogen-bond acceptors (Lipinski definition) is 3. The highest BCUT2D eigenvalue weighted by Gasteiger charge is 2.21. The van der Waals surface area contributed by atoms with Crippen LogP contribution in [0.25, 0.3) is 0 Å². The van der Waals surface area contributed by atoms with Crippen molar-refractivity contribution >= 4 is 23.2 Å². The lowest BCUT2D eigenvalue weighted by Gasteiger charge is -2.23. The van der Waals surface area contributed by atoms with Crippen LogP contribution in [0.5, 0.6) is 0 Å². The lowest BCUT2D eigenvalue weighted by molar-refractivity contribution is 0.0469. The summed E-state index contributed by atoms with van der Waals surface area (Å²) in [6.45, 7) is 3.85. The fraction of sp³-hybridized carbons (Fsp3) is 0.462. The van der Waals surface area contributed by atoms with Crippen LogP contribution in [-0.4, -0.2) is 23.2 Å². The monoisotopic (exact) mass is 270 g/mol. The van der Waals surface area contributed by atoms with Gasteiger partial charge in [0.05, 0.1) is 21.9 Å². The number of benzene rings is 1. The Balaban J connectivity index is 2.69. The fourth-order valence-electron chi connectivity index (χ4n) is 1.72. The van der Waals surface area contributed by atoms with E-state index in [0.717, 1.165) is 6.42 Å². The van der Waals surface area contributed by atoms with Crippen molar-refractivity contribution in [3.05, 3.63) is 28.8 Å². The predicted octanol–water partition coefficient (Wildman–Crippen LogP) is 2.20. The zero-order valence-corrected chi connectivity index (χ0v) is 11.4. The molecule has 4 N–H and O–H groups in total. The van der Waals surface area contributed by atoms with Gasteiger partial charge in [0.1, 0.15) is 0 Å². The van der Waals surface area contributed by atoms with Gasteiger partial charge in [0.15, 0.2) is 0 Å². The molecule has 1 unspecified atom stereocenters. The molecule has 100 valence electrons. The average molecular weight is 271 g/mol. The third kappa shape index (κ3) is 3.89. The van der Waals surface area contributed by atoms with Crippen LogP contribution in [0.3, 0.4) is 0 Å². The summed E-state index contributed by atoms with van der Waals surface area (Å²) < 4.78 is 0. The molecule has 0 aromatic heterocycles. The minimum absolute atomic E-state index is 0.185. The van der Waals surface area contributed by atoms with Gasteiger partial charge < -0.3 is 16.2 Å². The number of nitrogens with one attached hydrogen (secondary N) is 1. The molecule has 0 fully saturated rings. The van der Waals surface area contributed by atoms with Gasteiger partial charge in [-0.05, 0) is 25.5 Å². The van der Waals surface area contributed by atoms with Gasteiger partial charge in [0, 0.05) is 6.54 Å². The maximum absolute atomic E-state index is 11.9. The Kier molecular flexibility index (Phi) is 4.99. The number of hydrogen-bond donors (Lipinski definition) is 3. The molecule has 18 heavy (non-hydrogen) atoms. The highest BCUT2D eigenvalue weighted by Crippen LogP contribution is 2.23. The third-order valence-electron chi connectivity index (χ3n) is 2.69. The van der Waals surface area contributed by atoms with Crippen molar-refractivity contribution in [1.29, 1.82) is 0 Å². The SMILES string of the molecule is CCCC(C)(O)CNC(=O)c1cccc(N)c1Cl. The molecule has 5 heteroatoms. The normalized spacial score (nSPS) is 14.0. The van der Waals surface area contributed by atoms with Crippen molar-refractivity contribution in [2.24, 2.45) is 0 Å². The summed E-state index contributed by atoms with van der Waals surface area (Å²) >= 11 is 5.95. The highest BCUT2D eigenvalue weighted by molar-refractivity contribution is 6.36. The first-order valence-electron chi connectivity index (χ1n) is 5.92. The second kappa shape index (κ2) is 6.07.